The third-order valence-electron chi connectivity index (χ3n) is 3.96. The molecule has 1 rings (SSSR count). The molecule has 0 aliphatic carbocycles. The number of carbonyl (C=O) groups excluding carboxylic acids is 1. The van der Waals surface area contributed by atoms with E-state index in [0.717, 1.165) is 25.1 Å². The number of Topliss-reactive ketones (excluding diaryl/α,β-unsaturated/α-hetero) is 1. The lowest BCUT2D eigenvalue weighted by Gasteiger charge is -2.28. The summed E-state index contributed by atoms with van der Waals surface area (Å²) in [6, 6.07) is 10.2. The lowest BCUT2D eigenvalue weighted by atomic mass is 10.1. The standard InChI is InChI=1S/C18H29NO/c1-4-6-14-19(16(3)5-2)15-10-13-18(20)17-11-8-7-9-12-17/h7-9,11-12,16H,4-6,10,13-15H2,1-3H3. The summed E-state index contributed by atoms with van der Waals surface area (Å²) in [5, 5.41) is 0. The molecule has 0 bridgehead atoms. The van der Waals surface area contributed by atoms with E-state index in [0.29, 0.717) is 12.5 Å². The van der Waals surface area contributed by atoms with Crippen LogP contribution in [0.25, 0.3) is 0 Å². The van der Waals surface area contributed by atoms with Crippen molar-refractivity contribution in [1.29, 1.82) is 0 Å². The normalized spacial score (nSPS) is 12.6. The van der Waals surface area contributed by atoms with Gasteiger partial charge in [0.1, 0.15) is 0 Å². The van der Waals surface area contributed by atoms with Crippen LogP contribution in [-0.4, -0.2) is 29.8 Å². The highest BCUT2D eigenvalue weighted by Gasteiger charge is 2.12. The van der Waals surface area contributed by atoms with E-state index in [-0.39, 0.29) is 5.78 Å². The van der Waals surface area contributed by atoms with Gasteiger partial charge in [-0.25, -0.2) is 0 Å². The molecule has 1 aromatic carbocycles. The van der Waals surface area contributed by atoms with Gasteiger partial charge in [-0.2, -0.15) is 0 Å². The quantitative estimate of drug-likeness (QED) is 0.584. The molecule has 112 valence electrons. The number of carbonyl (C=O) groups is 1. The van der Waals surface area contributed by atoms with Crippen LogP contribution < -0.4 is 0 Å². The second-order valence-corrected chi connectivity index (χ2v) is 5.54. The highest BCUT2D eigenvalue weighted by atomic mass is 16.1. The molecule has 0 saturated carbocycles. The fourth-order valence-electron chi connectivity index (χ4n) is 2.38. The predicted octanol–water partition coefficient (Wildman–Crippen LogP) is 4.55. The van der Waals surface area contributed by atoms with E-state index in [9.17, 15) is 4.79 Å². The third-order valence-corrected chi connectivity index (χ3v) is 3.96. The van der Waals surface area contributed by atoms with Crippen molar-refractivity contribution in [2.24, 2.45) is 0 Å². The molecule has 0 radical (unpaired) electrons. The van der Waals surface area contributed by atoms with Gasteiger partial charge in [0.2, 0.25) is 0 Å². The first-order valence-electron chi connectivity index (χ1n) is 8.01. The molecule has 0 fully saturated rings. The van der Waals surface area contributed by atoms with Crippen molar-refractivity contribution >= 4 is 5.78 Å². The zero-order chi connectivity index (χ0) is 14.8. The maximum atomic E-state index is 12.1. The largest absolute Gasteiger partial charge is 0.301 e. The lowest BCUT2D eigenvalue weighted by molar-refractivity contribution is 0.0970. The Balaban J connectivity index is 2.38. The summed E-state index contributed by atoms with van der Waals surface area (Å²) in [6.45, 7) is 8.94. The number of unbranched alkanes of at least 4 members (excludes halogenated alkanes) is 1. The molecule has 0 aliphatic rings. The topological polar surface area (TPSA) is 20.3 Å². The molecule has 0 aromatic heterocycles. The summed E-state index contributed by atoms with van der Waals surface area (Å²) in [4.78, 5) is 14.6. The summed E-state index contributed by atoms with van der Waals surface area (Å²) in [5.74, 6) is 0.269. The molecule has 1 aromatic rings. The van der Waals surface area contributed by atoms with Crippen LogP contribution in [0.1, 0.15) is 63.2 Å². The molecule has 20 heavy (non-hydrogen) atoms. The minimum atomic E-state index is 0.269. The minimum absolute atomic E-state index is 0.269. The van der Waals surface area contributed by atoms with Crippen molar-refractivity contribution in [1.82, 2.24) is 4.90 Å². The van der Waals surface area contributed by atoms with Crippen LogP contribution in [0, 0.1) is 0 Å². The maximum Gasteiger partial charge on any atom is 0.162 e. The summed E-state index contributed by atoms with van der Waals surface area (Å²) in [6.07, 6.45) is 5.27. The van der Waals surface area contributed by atoms with Crippen LogP contribution in [0.5, 0.6) is 0 Å². The SMILES string of the molecule is CCCCN(CCCC(=O)c1ccccc1)C(C)CC. The maximum absolute atomic E-state index is 12.1. The highest BCUT2D eigenvalue weighted by molar-refractivity contribution is 5.95. The Labute approximate surface area is 124 Å². The molecule has 1 atom stereocenters. The smallest absolute Gasteiger partial charge is 0.162 e. The van der Waals surface area contributed by atoms with E-state index in [1.54, 1.807) is 0 Å². The van der Waals surface area contributed by atoms with Crippen molar-refractivity contribution < 1.29 is 4.79 Å². The van der Waals surface area contributed by atoms with Crippen LogP contribution in [0.4, 0.5) is 0 Å². The summed E-state index contributed by atoms with van der Waals surface area (Å²) in [7, 11) is 0. The summed E-state index contributed by atoms with van der Waals surface area (Å²) >= 11 is 0. The second-order valence-electron chi connectivity index (χ2n) is 5.54. The molecule has 0 aliphatic heterocycles. The van der Waals surface area contributed by atoms with Gasteiger partial charge in [-0.05, 0) is 39.3 Å². The van der Waals surface area contributed by atoms with E-state index in [2.05, 4.69) is 25.7 Å². The van der Waals surface area contributed by atoms with E-state index in [1.165, 1.54) is 19.3 Å². The zero-order valence-corrected chi connectivity index (χ0v) is 13.3. The Morgan fingerprint density at radius 2 is 1.75 bits per heavy atom. The van der Waals surface area contributed by atoms with Crippen LogP contribution in [-0.2, 0) is 0 Å². The summed E-state index contributed by atoms with van der Waals surface area (Å²) < 4.78 is 0. The fourth-order valence-corrected chi connectivity index (χ4v) is 2.38. The van der Waals surface area contributed by atoms with Crippen molar-refractivity contribution in [2.75, 3.05) is 13.1 Å². The van der Waals surface area contributed by atoms with Gasteiger partial charge in [0.25, 0.3) is 0 Å². The average Bonchev–Trinajstić information content (AvgIpc) is 2.50. The van der Waals surface area contributed by atoms with Crippen molar-refractivity contribution in [3.63, 3.8) is 0 Å². The number of ketones is 1. The predicted molar refractivity (Wildman–Crippen MR) is 86.2 cm³/mol. The molecule has 0 spiro atoms. The van der Waals surface area contributed by atoms with Crippen LogP contribution in [0.2, 0.25) is 0 Å². The molecule has 0 N–H and O–H groups in total. The van der Waals surface area contributed by atoms with Crippen molar-refractivity contribution in [3.8, 4) is 0 Å². The molecular weight excluding hydrogens is 246 g/mol. The Morgan fingerprint density at radius 3 is 2.35 bits per heavy atom. The number of hydrogen-bond acceptors (Lipinski definition) is 2. The van der Waals surface area contributed by atoms with Gasteiger partial charge in [-0.15, -0.1) is 0 Å². The Hall–Kier alpha value is -1.15. The number of benzene rings is 1. The second kappa shape index (κ2) is 9.71. The third kappa shape index (κ3) is 5.87. The molecule has 0 saturated heterocycles. The van der Waals surface area contributed by atoms with Gasteiger partial charge in [-0.3, -0.25) is 4.79 Å². The monoisotopic (exact) mass is 275 g/mol. The molecule has 0 amide bonds. The molecular formula is C18H29NO. The molecule has 1 unspecified atom stereocenters. The van der Waals surface area contributed by atoms with Crippen molar-refractivity contribution in [2.45, 2.75) is 58.9 Å². The minimum Gasteiger partial charge on any atom is -0.301 e. The Morgan fingerprint density at radius 1 is 1.10 bits per heavy atom. The van der Waals surface area contributed by atoms with Gasteiger partial charge < -0.3 is 4.90 Å². The molecule has 2 nitrogen and oxygen atoms in total. The highest BCUT2D eigenvalue weighted by Crippen LogP contribution is 2.10. The Kier molecular flexibility index (Phi) is 8.20. The first-order valence-corrected chi connectivity index (χ1v) is 8.01. The van der Waals surface area contributed by atoms with E-state index in [4.69, 9.17) is 0 Å². The van der Waals surface area contributed by atoms with Gasteiger partial charge in [-0.1, -0.05) is 50.6 Å². The number of rotatable bonds is 10. The van der Waals surface area contributed by atoms with Crippen molar-refractivity contribution in [3.05, 3.63) is 35.9 Å². The first-order chi connectivity index (χ1) is 9.69. The van der Waals surface area contributed by atoms with Gasteiger partial charge in [0, 0.05) is 18.0 Å². The number of hydrogen-bond donors (Lipinski definition) is 0. The summed E-state index contributed by atoms with van der Waals surface area (Å²) in [5.41, 5.74) is 0.844. The van der Waals surface area contributed by atoms with E-state index < -0.39 is 0 Å². The van der Waals surface area contributed by atoms with Crippen LogP contribution in [0.3, 0.4) is 0 Å². The van der Waals surface area contributed by atoms with Gasteiger partial charge in [0.05, 0.1) is 0 Å². The van der Waals surface area contributed by atoms with Crippen LogP contribution in [0.15, 0.2) is 30.3 Å². The first kappa shape index (κ1) is 16.9. The average molecular weight is 275 g/mol. The fraction of sp³-hybridized carbons (Fsp3) is 0.611. The number of nitrogens with zero attached hydrogens (tertiary/aromatic N) is 1. The van der Waals surface area contributed by atoms with E-state index >= 15 is 0 Å². The molecule has 2 heteroatoms. The van der Waals surface area contributed by atoms with E-state index in [1.807, 2.05) is 30.3 Å². The molecule has 0 heterocycles. The van der Waals surface area contributed by atoms with Crippen LogP contribution >= 0.6 is 0 Å². The van der Waals surface area contributed by atoms with Gasteiger partial charge in [0.15, 0.2) is 5.78 Å². The Bertz CT molecular complexity index is 374. The van der Waals surface area contributed by atoms with Gasteiger partial charge >= 0.3 is 0 Å². The zero-order valence-electron chi connectivity index (χ0n) is 13.3. The lowest BCUT2D eigenvalue weighted by Crippen LogP contribution is -2.34.